The van der Waals surface area contributed by atoms with Crippen molar-refractivity contribution in [2.45, 2.75) is 13.8 Å². The summed E-state index contributed by atoms with van der Waals surface area (Å²) >= 11 is 0. The summed E-state index contributed by atoms with van der Waals surface area (Å²) in [5, 5.41) is 9.73. The average molecular weight is 501 g/mol. The van der Waals surface area contributed by atoms with Gasteiger partial charge in [0.2, 0.25) is 0 Å². The molecule has 2 aromatic heterocycles. The Bertz CT molecular complexity index is 1600. The lowest BCUT2D eigenvalue weighted by atomic mass is 10.1. The Morgan fingerprint density at radius 1 is 0.632 bits per heavy atom. The van der Waals surface area contributed by atoms with E-state index in [2.05, 4.69) is 31.0 Å². The number of nitrogens with one attached hydrogen (secondary N) is 2. The summed E-state index contributed by atoms with van der Waals surface area (Å²) in [6, 6.07) is 25.9. The summed E-state index contributed by atoms with van der Waals surface area (Å²) in [7, 11) is 0. The van der Waals surface area contributed by atoms with Gasteiger partial charge in [0.25, 0.3) is 11.8 Å². The van der Waals surface area contributed by atoms with Crippen molar-refractivity contribution in [2.75, 3.05) is 0 Å². The van der Waals surface area contributed by atoms with Crippen molar-refractivity contribution in [2.24, 2.45) is 10.2 Å². The van der Waals surface area contributed by atoms with Gasteiger partial charge < -0.3 is 0 Å². The monoisotopic (exact) mass is 500 g/mol. The van der Waals surface area contributed by atoms with E-state index in [1.54, 1.807) is 24.6 Å². The second-order valence-corrected chi connectivity index (χ2v) is 8.72. The molecule has 8 heteroatoms. The van der Waals surface area contributed by atoms with E-state index in [-0.39, 0.29) is 11.8 Å². The molecule has 0 aliphatic heterocycles. The highest BCUT2D eigenvalue weighted by atomic mass is 16.2. The molecule has 0 fully saturated rings. The summed E-state index contributed by atoms with van der Waals surface area (Å²) in [6.07, 6.45) is 3.13. The molecule has 5 aromatic rings. The standard InChI is InChI=1S/C30H24N6O2/c1-19-15-25(23-7-3-5-9-27(23)33-19)29(37)35-31-17-21-11-13-22(14-12-21)18-32-36-30(38)26-16-20(2)34-28-10-6-4-8-24(26)28/h3-18H,1-2H3,(H,35,37)(H,36,38). The first kappa shape index (κ1) is 24.5. The van der Waals surface area contributed by atoms with Crippen LogP contribution in [0.15, 0.2) is 95.1 Å². The van der Waals surface area contributed by atoms with E-state index < -0.39 is 0 Å². The van der Waals surface area contributed by atoms with E-state index in [0.717, 1.165) is 44.3 Å². The Hall–Kier alpha value is -5.24. The topological polar surface area (TPSA) is 109 Å². The number of amides is 2. The molecule has 0 radical (unpaired) electrons. The molecule has 3 aromatic carbocycles. The van der Waals surface area contributed by atoms with Crippen molar-refractivity contribution in [3.05, 3.63) is 119 Å². The molecule has 2 amide bonds. The van der Waals surface area contributed by atoms with E-state index in [1.165, 1.54) is 0 Å². The van der Waals surface area contributed by atoms with Gasteiger partial charge in [-0.15, -0.1) is 0 Å². The zero-order valence-corrected chi connectivity index (χ0v) is 20.8. The SMILES string of the molecule is Cc1cc(C(=O)NN=Cc2ccc(C=NNC(=O)c3cc(C)nc4ccccc34)cc2)c2ccccc2n1. The molecule has 0 spiro atoms. The van der Waals surface area contributed by atoms with Gasteiger partial charge in [-0.1, -0.05) is 60.7 Å². The maximum Gasteiger partial charge on any atom is 0.272 e. The second kappa shape index (κ2) is 10.8. The first-order valence-corrected chi connectivity index (χ1v) is 12.0. The summed E-state index contributed by atoms with van der Waals surface area (Å²) in [5.74, 6) is -0.612. The molecule has 38 heavy (non-hydrogen) atoms. The fourth-order valence-corrected chi connectivity index (χ4v) is 4.11. The van der Waals surface area contributed by atoms with Crippen molar-refractivity contribution in [1.82, 2.24) is 20.8 Å². The predicted octanol–water partition coefficient (Wildman–Crippen LogP) is 4.93. The Morgan fingerprint density at radius 2 is 1.03 bits per heavy atom. The molecule has 5 rings (SSSR count). The van der Waals surface area contributed by atoms with E-state index in [0.29, 0.717) is 11.1 Å². The van der Waals surface area contributed by atoms with Crippen molar-refractivity contribution >= 4 is 46.0 Å². The summed E-state index contributed by atoms with van der Waals surface area (Å²) in [5.41, 5.74) is 10.8. The first-order valence-electron chi connectivity index (χ1n) is 12.0. The van der Waals surface area contributed by atoms with E-state index >= 15 is 0 Å². The third-order valence-corrected chi connectivity index (χ3v) is 5.87. The quantitative estimate of drug-likeness (QED) is 0.255. The smallest absolute Gasteiger partial charge is 0.267 e. The molecule has 0 aliphatic carbocycles. The molecule has 186 valence electrons. The van der Waals surface area contributed by atoms with E-state index in [1.807, 2.05) is 86.6 Å². The van der Waals surface area contributed by atoms with Gasteiger partial charge in [0.05, 0.1) is 34.6 Å². The van der Waals surface area contributed by atoms with Crippen LogP contribution in [0.1, 0.15) is 43.2 Å². The number of rotatable bonds is 6. The Labute approximate surface area is 219 Å². The van der Waals surface area contributed by atoms with Gasteiger partial charge in [0, 0.05) is 22.2 Å². The van der Waals surface area contributed by atoms with Crippen LogP contribution in [-0.4, -0.2) is 34.2 Å². The number of pyridine rings is 2. The fourth-order valence-electron chi connectivity index (χ4n) is 4.11. The van der Waals surface area contributed by atoms with Crippen LogP contribution >= 0.6 is 0 Å². The van der Waals surface area contributed by atoms with Gasteiger partial charge in [0.15, 0.2) is 0 Å². The Morgan fingerprint density at radius 3 is 1.45 bits per heavy atom. The third kappa shape index (κ3) is 5.44. The number of para-hydroxylation sites is 2. The number of carbonyl (C=O) groups is 2. The van der Waals surface area contributed by atoms with Crippen LogP contribution in [0.5, 0.6) is 0 Å². The van der Waals surface area contributed by atoms with Gasteiger partial charge in [-0.3, -0.25) is 19.6 Å². The van der Waals surface area contributed by atoms with Crippen molar-refractivity contribution in [1.29, 1.82) is 0 Å². The summed E-state index contributed by atoms with van der Waals surface area (Å²) in [4.78, 5) is 34.4. The van der Waals surface area contributed by atoms with Crippen molar-refractivity contribution in [3.8, 4) is 0 Å². The minimum Gasteiger partial charge on any atom is -0.267 e. The second-order valence-electron chi connectivity index (χ2n) is 8.72. The number of hydrogen-bond donors (Lipinski definition) is 2. The van der Waals surface area contributed by atoms with Gasteiger partial charge in [-0.25, -0.2) is 10.9 Å². The molecule has 8 nitrogen and oxygen atoms in total. The van der Waals surface area contributed by atoms with Gasteiger partial charge in [0.1, 0.15) is 0 Å². The van der Waals surface area contributed by atoms with Gasteiger partial charge >= 0.3 is 0 Å². The minimum absolute atomic E-state index is 0.306. The number of nitrogens with zero attached hydrogens (tertiary/aromatic N) is 4. The third-order valence-electron chi connectivity index (χ3n) is 5.87. The van der Waals surface area contributed by atoms with Crippen LogP contribution in [0.4, 0.5) is 0 Å². The highest BCUT2D eigenvalue weighted by Crippen LogP contribution is 2.19. The Balaban J connectivity index is 1.20. The molecule has 0 unspecified atom stereocenters. The zero-order valence-electron chi connectivity index (χ0n) is 20.8. The van der Waals surface area contributed by atoms with Crippen molar-refractivity contribution in [3.63, 3.8) is 0 Å². The number of fused-ring (bicyclic) bond motifs is 2. The lowest BCUT2D eigenvalue weighted by molar-refractivity contribution is 0.0948. The highest BCUT2D eigenvalue weighted by molar-refractivity contribution is 6.07. The number of hydrogen-bond acceptors (Lipinski definition) is 6. The largest absolute Gasteiger partial charge is 0.272 e. The van der Waals surface area contributed by atoms with Gasteiger partial charge in [-0.2, -0.15) is 10.2 Å². The van der Waals surface area contributed by atoms with Crippen LogP contribution in [0.25, 0.3) is 21.8 Å². The highest BCUT2D eigenvalue weighted by Gasteiger charge is 2.12. The number of aryl methyl sites for hydroxylation is 2. The lowest BCUT2D eigenvalue weighted by Gasteiger charge is -2.06. The molecule has 0 bridgehead atoms. The maximum atomic E-state index is 12.7. The zero-order chi connectivity index (χ0) is 26.5. The molecule has 0 aliphatic rings. The number of aromatic nitrogens is 2. The summed E-state index contributed by atoms with van der Waals surface area (Å²) in [6.45, 7) is 3.70. The van der Waals surface area contributed by atoms with E-state index in [4.69, 9.17) is 0 Å². The fraction of sp³-hybridized carbons (Fsp3) is 0.0667. The molecule has 0 saturated carbocycles. The Kier molecular flexibility index (Phi) is 6.95. The first-order chi connectivity index (χ1) is 18.5. The summed E-state index contributed by atoms with van der Waals surface area (Å²) < 4.78 is 0. The van der Waals surface area contributed by atoms with Crippen LogP contribution in [0, 0.1) is 13.8 Å². The minimum atomic E-state index is -0.306. The van der Waals surface area contributed by atoms with Crippen molar-refractivity contribution < 1.29 is 9.59 Å². The number of hydrazone groups is 2. The molecular formula is C30H24N6O2. The lowest BCUT2D eigenvalue weighted by Crippen LogP contribution is -2.18. The maximum absolute atomic E-state index is 12.7. The van der Waals surface area contributed by atoms with Crippen LogP contribution in [0.3, 0.4) is 0 Å². The number of benzene rings is 3. The molecular weight excluding hydrogens is 476 g/mol. The predicted molar refractivity (Wildman–Crippen MR) is 150 cm³/mol. The molecule has 2 N–H and O–H groups in total. The number of carbonyl (C=O) groups excluding carboxylic acids is 2. The molecule has 0 saturated heterocycles. The van der Waals surface area contributed by atoms with E-state index in [9.17, 15) is 9.59 Å². The van der Waals surface area contributed by atoms with Crippen LogP contribution in [0.2, 0.25) is 0 Å². The van der Waals surface area contributed by atoms with Crippen LogP contribution in [-0.2, 0) is 0 Å². The molecule has 0 atom stereocenters. The normalized spacial score (nSPS) is 11.4. The van der Waals surface area contributed by atoms with Gasteiger partial charge in [-0.05, 0) is 49.2 Å². The average Bonchev–Trinajstić information content (AvgIpc) is 2.92. The van der Waals surface area contributed by atoms with Crippen LogP contribution < -0.4 is 10.9 Å². The molecule has 2 heterocycles.